The summed E-state index contributed by atoms with van der Waals surface area (Å²) in [6, 6.07) is 10.8. The van der Waals surface area contributed by atoms with Crippen molar-refractivity contribution >= 4 is 27.2 Å². The van der Waals surface area contributed by atoms with Crippen LogP contribution in [-0.4, -0.2) is 25.0 Å². The summed E-state index contributed by atoms with van der Waals surface area (Å²) in [4.78, 5) is 11.0. The summed E-state index contributed by atoms with van der Waals surface area (Å²) in [5.41, 5.74) is 2.66. The van der Waals surface area contributed by atoms with E-state index in [9.17, 15) is 8.42 Å². The number of sulfone groups is 1. The first-order valence-corrected chi connectivity index (χ1v) is 10.3. The van der Waals surface area contributed by atoms with E-state index in [1.165, 1.54) is 0 Å². The maximum atomic E-state index is 13.2. The molecule has 5 rings (SSSR count). The highest BCUT2D eigenvalue weighted by Crippen LogP contribution is 2.49. The minimum atomic E-state index is -3.69. The molecule has 0 spiro atoms. The van der Waals surface area contributed by atoms with Crippen molar-refractivity contribution in [3.8, 4) is 5.75 Å². The number of hydrogen-bond donors (Lipinski definition) is 0. The van der Waals surface area contributed by atoms with Gasteiger partial charge in [-0.25, -0.2) is 18.4 Å². The lowest BCUT2D eigenvalue weighted by Crippen LogP contribution is -2.25. The zero-order valence-electron chi connectivity index (χ0n) is 14.7. The third kappa shape index (κ3) is 2.35. The number of nitrogens with zero attached hydrogens (tertiary/aromatic N) is 3. The third-order valence-corrected chi connectivity index (χ3v) is 6.65. The monoisotopic (exact) mass is 379 g/mol. The topological polar surface area (TPSA) is 72.4 Å². The molecule has 0 amide bonds. The van der Waals surface area contributed by atoms with E-state index < -0.39 is 9.84 Å². The van der Waals surface area contributed by atoms with Gasteiger partial charge in [0, 0.05) is 12.4 Å². The number of hydrogen-bond acceptors (Lipinski definition) is 6. The second-order valence-electron chi connectivity index (χ2n) is 6.72. The Morgan fingerprint density at radius 3 is 2.81 bits per heavy atom. The fourth-order valence-electron chi connectivity index (χ4n) is 3.66. The Morgan fingerprint density at radius 2 is 1.93 bits per heavy atom. The van der Waals surface area contributed by atoms with Gasteiger partial charge in [0.15, 0.2) is 11.6 Å². The normalized spacial score (nSPS) is 16.7. The molecule has 136 valence electrons. The smallest absolute Gasteiger partial charge is 0.213 e. The molecule has 6 nitrogen and oxygen atoms in total. The van der Waals surface area contributed by atoms with Gasteiger partial charge in [-0.15, -0.1) is 0 Å². The Kier molecular flexibility index (Phi) is 3.48. The first kappa shape index (κ1) is 16.3. The molecule has 4 heterocycles. The van der Waals surface area contributed by atoms with E-state index in [4.69, 9.17) is 4.74 Å². The molecular weight excluding hydrogens is 362 g/mol. The average Bonchev–Trinajstić information content (AvgIpc) is 2.69. The first-order valence-electron chi connectivity index (χ1n) is 8.79. The van der Waals surface area contributed by atoms with E-state index in [-0.39, 0.29) is 9.79 Å². The van der Waals surface area contributed by atoms with Gasteiger partial charge >= 0.3 is 0 Å². The number of aryl methyl sites for hydroxylation is 2. The van der Waals surface area contributed by atoms with Gasteiger partial charge < -0.3 is 4.74 Å². The zero-order chi connectivity index (χ0) is 18.6. The Bertz CT molecular complexity index is 1170. The highest BCUT2D eigenvalue weighted by molar-refractivity contribution is 7.92. The van der Waals surface area contributed by atoms with Gasteiger partial charge in [0.1, 0.15) is 15.5 Å². The number of rotatable bonds is 1. The zero-order valence-corrected chi connectivity index (χ0v) is 15.5. The van der Waals surface area contributed by atoms with E-state index in [1.807, 2.05) is 25.1 Å². The SMILES string of the molecule is Cc1cnc2c(c1)S(=O)(=O)c1cccnc1N2c1cccc2c1OCCC2. The van der Waals surface area contributed by atoms with Gasteiger partial charge in [0.05, 0.1) is 12.3 Å². The lowest BCUT2D eigenvalue weighted by Gasteiger charge is -2.33. The summed E-state index contributed by atoms with van der Waals surface area (Å²) in [6.07, 6.45) is 5.16. The van der Waals surface area contributed by atoms with Crippen molar-refractivity contribution in [3.63, 3.8) is 0 Å². The number of pyridine rings is 2. The number of fused-ring (bicyclic) bond motifs is 3. The molecule has 27 heavy (non-hydrogen) atoms. The second kappa shape index (κ2) is 5.79. The van der Waals surface area contributed by atoms with Gasteiger partial charge in [0.2, 0.25) is 9.84 Å². The van der Waals surface area contributed by atoms with E-state index in [2.05, 4.69) is 9.97 Å². The molecule has 3 aromatic rings. The van der Waals surface area contributed by atoms with Crippen molar-refractivity contribution in [2.24, 2.45) is 0 Å². The van der Waals surface area contributed by atoms with Crippen LogP contribution in [0.2, 0.25) is 0 Å². The summed E-state index contributed by atoms with van der Waals surface area (Å²) in [5.74, 6) is 1.48. The van der Waals surface area contributed by atoms with Gasteiger partial charge in [-0.2, -0.15) is 0 Å². The van der Waals surface area contributed by atoms with Crippen LogP contribution in [0.5, 0.6) is 5.75 Å². The van der Waals surface area contributed by atoms with Crippen LogP contribution in [0.3, 0.4) is 0 Å². The average molecular weight is 379 g/mol. The van der Waals surface area contributed by atoms with Crippen LogP contribution in [0.15, 0.2) is 58.6 Å². The maximum absolute atomic E-state index is 13.2. The van der Waals surface area contributed by atoms with Crippen LogP contribution >= 0.6 is 0 Å². The van der Waals surface area contributed by atoms with Crippen LogP contribution in [0.25, 0.3) is 0 Å². The molecule has 0 unspecified atom stereocenters. The maximum Gasteiger partial charge on any atom is 0.213 e. The molecule has 0 atom stereocenters. The molecule has 0 fully saturated rings. The molecule has 1 aromatic carbocycles. The van der Waals surface area contributed by atoms with Crippen LogP contribution < -0.4 is 9.64 Å². The van der Waals surface area contributed by atoms with Crippen molar-refractivity contribution in [2.45, 2.75) is 29.6 Å². The quantitative estimate of drug-likeness (QED) is 0.502. The van der Waals surface area contributed by atoms with Crippen molar-refractivity contribution in [2.75, 3.05) is 11.5 Å². The Morgan fingerprint density at radius 1 is 1.07 bits per heavy atom. The minimum absolute atomic E-state index is 0.179. The molecular formula is C20H17N3O3S. The second-order valence-corrected chi connectivity index (χ2v) is 8.60. The molecule has 2 aliphatic rings. The lowest BCUT2D eigenvalue weighted by molar-refractivity contribution is 0.289. The van der Waals surface area contributed by atoms with Crippen molar-refractivity contribution in [3.05, 3.63) is 59.9 Å². The van der Waals surface area contributed by atoms with Crippen LogP contribution in [0.4, 0.5) is 17.3 Å². The molecule has 7 heteroatoms. The minimum Gasteiger partial charge on any atom is -0.491 e. The van der Waals surface area contributed by atoms with E-state index in [0.717, 1.165) is 35.4 Å². The van der Waals surface area contributed by atoms with Crippen LogP contribution in [-0.2, 0) is 16.3 Å². The summed E-state index contributed by atoms with van der Waals surface area (Å²) >= 11 is 0. The van der Waals surface area contributed by atoms with Crippen molar-refractivity contribution < 1.29 is 13.2 Å². The summed E-state index contributed by atoms with van der Waals surface area (Å²) in [5, 5.41) is 0. The predicted octanol–water partition coefficient (Wildman–Crippen LogP) is 3.73. The number of para-hydroxylation sites is 1. The highest BCUT2D eigenvalue weighted by Gasteiger charge is 2.38. The largest absolute Gasteiger partial charge is 0.491 e. The van der Waals surface area contributed by atoms with E-state index in [1.54, 1.807) is 35.5 Å². The Labute approximate surface area is 157 Å². The summed E-state index contributed by atoms with van der Waals surface area (Å²) in [7, 11) is -3.69. The van der Waals surface area contributed by atoms with Gasteiger partial charge in [-0.05, 0) is 55.2 Å². The summed E-state index contributed by atoms with van der Waals surface area (Å²) < 4.78 is 32.3. The molecule has 2 aromatic heterocycles. The van der Waals surface area contributed by atoms with Crippen molar-refractivity contribution in [1.82, 2.24) is 9.97 Å². The van der Waals surface area contributed by atoms with Crippen LogP contribution in [0.1, 0.15) is 17.5 Å². The van der Waals surface area contributed by atoms with Gasteiger partial charge in [0.25, 0.3) is 0 Å². The first-order chi connectivity index (χ1) is 13.1. The number of anilines is 3. The third-order valence-electron chi connectivity index (χ3n) is 4.88. The van der Waals surface area contributed by atoms with Crippen molar-refractivity contribution in [1.29, 1.82) is 0 Å². The predicted molar refractivity (Wildman–Crippen MR) is 101 cm³/mol. The molecule has 0 radical (unpaired) electrons. The molecule has 0 saturated heterocycles. The van der Waals surface area contributed by atoms with Crippen LogP contribution in [0, 0.1) is 6.92 Å². The van der Waals surface area contributed by atoms with E-state index >= 15 is 0 Å². The fraction of sp³-hybridized carbons (Fsp3) is 0.200. The molecule has 0 N–H and O–H groups in total. The van der Waals surface area contributed by atoms with Gasteiger partial charge in [-0.3, -0.25) is 4.90 Å². The summed E-state index contributed by atoms with van der Waals surface area (Å²) in [6.45, 7) is 2.47. The molecule has 2 aliphatic heterocycles. The molecule has 0 bridgehead atoms. The number of ether oxygens (including phenoxy) is 1. The number of aromatic nitrogens is 2. The Balaban J connectivity index is 1.85. The molecule has 0 saturated carbocycles. The van der Waals surface area contributed by atoms with Gasteiger partial charge in [-0.1, -0.05) is 12.1 Å². The lowest BCUT2D eigenvalue weighted by atomic mass is 10.0. The van der Waals surface area contributed by atoms with E-state index in [0.29, 0.717) is 18.2 Å². The highest BCUT2D eigenvalue weighted by atomic mass is 32.2. The standard InChI is InChI=1S/C20H17N3O3S/c1-13-11-17-20(22-12-13)23(19-16(27(17,24)25)8-3-9-21-19)15-7-2-5-14-6-4-10-26-18(14)15/h2-3,5,7-9,11-12H,4,6,10H2,1H3. The molecule has 0 aliphatic carbocycles. The Hall–Kier alpha value is -2.93. The fourth-order valence-corrected chi connectivity index (χ4v) is 5.26. The number of benzene rings is 1.